The summed E-state index contributed by atoms with van der Waals surface area (Å²) in [6.07, 6.45) is -7.01. The van der Waals surface area contributed by atoms with Crippen molar-refractivity contribution in [2.45, 2.75) is 87.0 Å². The van der Waals surface area contributed by atoms with E-state index in [9.17, 15) is 13.0 Å². The lowest BCUT2D eigenvalue weighted by atomic mass is 9.95. The molecule has 6 rings (SSSR count). The van der Waals surface area contributed by atoms with Gasteiger partial charge in [0, 0.05) is 6.42 Å². The summed E-state index contributed by atoms with van der Waals surface area (Å²) in [6, 6.07) is 44.7. The number of alkyl halides is 1. The minimum atomic E-state index is -5.14. The zero-order valence-electron chi connectivity index (χ0n) is 32.6. The number of rotatable bonds is 21. The van der Waals surface area contributed by atoms with E-state index in [2.05, 4.69) is 0 Å². The second-order valence-corrected chi connectivity index (χ2v) is 18.3. The maximum Gasteiger partial charge on any atom is 0.383 e. The highest BCUT2D eigenvalue weighted by Crippen LogP contribution is 2.66. The molecule has 1 unspecified atom stereocenters. The van der Waals surface area contributed by atoms with E-state index in [1.165, 1.54) is 38.1 Å². The van der Waals surface area contributed by atoms with E-state index in [4.69, 9.17) is 32.7 Å². The molecule has 0 saturated carbocycles. The number of sulfone groups is 1. The maximum atomic E-state index is 18.5. The second-order valence-electron chi connectivity index (χ2n) is 13.7. The van der Waals surface area contributed by atoms with Gasteiger partial charge in [-0.15, -0.1) is 0 Å². The van der Waals surface area contributed by atoms with E-state index < -0.39 is 64.2 Å². The average molecular weight is 833 g/mol. The van der Waals surface area contributed by atoms with Crippen LogP contribution < -0.4 is 0 Å². The molecule has 13 heteroatoms. The standard InChI is InChI=1S/C45H50FO10PS/c1-3-54-57(47,55-4-2)45(46,58(48,49)39-28-18-9-19-29-39)30-40-41(50-31-35-20-10-5-11-21-35)42(51-32-36-22-12-6-13-23-36)43(52-33-37-24-14-7-15-25-37)44(56-40)53-34-38-26-16-8-17-27-38/h5-29,40-44H,3-4,30-34H2,1-2H3/t40-,41-,42+,43-,44-,45?/m1/s1. The quantitative estimate of drug-likeness (QED) is 0.0663. The van der Waals surface area contributed by atoms with Gasteiger partial charge in [0.15, 0.2) is 6.29 Å². The van der Waals surface area contributed by atoms with E-state index in [0.717, 1.165) is 22.3 Å². The largest absolute Gasteiger partial charge is 0.383 e. The highest BCUT2D eigenvalue weighted by molar-refractivity contribution is 7.99. The normalized spacial score (nSPS) is 21.0. The fourth-order valence-electron chi connectivity index (χ4n) is 6.76. The lowest BCUT2D eigenvalue weighted by molar-refractivity contribution is -0.327. The highest BCUT2D eigenvalue weighted by atomic mass is 32.2. The number of benzene rings is 5. The molecule has 6 atom stereocenters. The summed E-state index contributed by atoms with van der Waals surface area (Å²) in [6.45, 7) is 2.65. The van der Waals surface area contributed by atoms with Crippen molar-refractivity contribution in [1.29, 1.82) is 0 Å². The molecule has 0 amide bonds. The van der Waals surface area contributed by atoms with E-state index in [1.807, 2.05) is 121 Å². The van der Waals surface area contributed by atoms with Gasteiger partial charge in [-0.3, -0.25) is 4.57 Å². The molecule has 0 bridgehead atoms. The van der Waals surface area contributed by atoms with E-state index in [1.54, 1.807) is 6.07 Å². The third-order valence-corrected chi connectivity index (χ3v) is 15.1. The van der Waals surface area contributed by atoms with Crippen molar-refractivity contribution in [3.8, 4) is 0 Å². The average Bonchev–Trinajstić information content (AvgIpc) is 3.25. The van der Waals surface area contributed by atoms with Gasteiger partial charge in [-0.05, 0) is 48.2 Å². The first-order valence-corrected chi connectivity index (χ1v) is 22.4. The second kappa shape index (κ2) is 20.8. The van der Waals surface area contributed by atoms with Crippen LogP contribution in [0.15, 0.2) is 157 Å². The minimum Gasteiger partial charge on any atom is -0.368 e. The highest BCUT2D eigenvalue weighted by Gasteiger charge is 2.65. The molecule has 1 heterocycles. The Labute approximate surface area is 340 Å². The molecule has 1 saturated heterocycles. The molecular formula is C45H50FO10PS. The Morgan fingerprint density at radius 3 is 1.33 bits per heavy atom. The summed E-state index contributed by atoms with van der Waals surface area (Å²) in [5.41, 5.74) is 3.29. The van der Waals surface area contributed by atoms with Crippen molar-refractivity contribution in [1.82, 2.24) is 0 Å². The molecule has 0 radical (unpaired) electrons. The Morgan fingerprint density at radius 2 is 0.914 bits per heavy atom. The SMILES string of the molecule is CCOP(=O)(OCC)C(F)(C[C@H]1O[C@@H](OCc2ccccc2)[C@H](OCc2ccccc2)[C@@H](OCc2ccccc2)[C@@H]1OCc1ccccc1)S(=O)(=O)c1ccccc1. The molecular weight excluding hydrogens is 783 g/mol. The third kappa shape index (κ3) is 10.6. The van der Waals surface area contributed by atoms with Crippen molar-refractivity contribution >= 4 is 17.4 Å². The van der Waals surface area contributed by atoms with Gasteiger partial charge in [0.2, 0.25) is 9.84 Å². The van der Waals surface area contributed by atoms with E-state index in [-0.39, 0.29) is 39.6 Å². The van der Waals surface area contributed by atoms with E-state index >= 15 is 4.39 Å². The van der Waals surface area contributed by atoms with Crippen LogP contribution in [0, 0.1) is 0 Å². The van der Waals surface area contributed by atoms with Gasteiger partial charge in [-0.25, -0.2) is 12.8 Å². The summed E-state index contributed by atoms with van der Waals surface area (Å²) in [4.78, 5) is -0.410. The third-order valence-electron chi connectivity index (χ3n) is 9.63. The van der Waals surface area contributed by atoms with Crippen molar-refractivity contribution in [3.63, 3.8) is 0 Å². The van der Waals surface area contributed by atoms with Crippen LogP contribution in [0.2, 0.25) is 0 Å². The lowest BCUT2D eigenvalue weighted by Gasteiger charge is -2.47. The van der Waals surface area contributed by atoms with Crippen LogP contribution in [0.3, 0.4) is 0 Å². The molecule has 0 N–H and O–H groups in total. The zero-order valence-corrected chi connectivity index (χ0v) is 34.3. The minimum absolute atomic E-state index is 0.0107. The molecule has 1 fully saturated rings. The Balaban J connectivity index is 1.48. The van der Waals surface area contributed by atoms with Gasteiger partial charge in [0.1, 0.15) is 18.3 Å². The monoisotopic (exact) mass is 832 g/mol. The van der Waals surface area contributed by atoms with Crippen molar-refractivity contribution in [2.75, 3.05) is 13.2 Å². The first kappa shape index (κ1) is 43.5. The van der Waals surface area contributed by atoms with E-state index in [0.29, 0.717) is 0 Å². The van der Waals surface area contributed by atoms with Gasteiger partial charge >= 0.3 is 12.3 Å². The number of halogens is 1. The van der Waals surface area contributed by atoms with Crippen molar-refractivity contribution in [2.24, 2.45) is 0 Å². The fraction of sp³-hybridized carbons (Fsp3) is 0.333. The summed E-state index contributed by atoms with van der Waals surface area (Å²) < 4.78 is 103. The topological polar surface area (TPSA) is 116 Å². The fourth-order valence-corrected chi connectivity index (χ4v) is 11.4. The molecule has 0 aliphatic carbocycles. The summed E-state index contributed by atoms with van der Waals surface area (Å²) >= 11 is 0. The van der Waals surface area contributed by atoms with Crippen LogP contribution in [0.5, 0.6) is 0 Å². The first-order valence-electron chi connectivity index (χ1n) is 19.3. The molecule has 5 aromatic carbocycles. The summed E-state index contributed by atoms with van der Waals surface area (Å²) in [7, 11) is -10.3. The van der Waals surface area contributed by atoms with Gasteiger partial charge in [0.05, 0.1) is 50.6 Å². The number of hydrogen-bond acceptors (Lipinski definition) is 10. The first-order chi connectivity index (χ1) is 28.2. The molecule has 308 valence electrons. The maximum absolute atomic E-state index is 18.5. The molecule has 0 aromatic heterocycles. The lowest BCUT2D eigenvalue weighted by Crippen LogP contribution is -2.62. The van der Waals surface area contributed by atoms with Gasteiger partial charge in [0.25, 0.3) is 0 Å². The molecule has 1 aliphatic heterocycles. The number of ether oxygens (including phenoxy) is 5. The van der Waals surface area contributed by atoms with Crippen LogP contribution in [-0.4, -0.2) is 57.1 Å². The molecule has 0 spiro atoms. The Hall–Kier alpha value is -4.07. The Kier molecular flexibility index (Phi) is 15.6. The van der Waals surface area contributed by atoms with Crippen LogP contribution in [0.25, 0.3) is 0 Å². The van der Waals surface area contributed by atoms with Crippen molar-refractivity contribution < 1.29 is 50.1 Å². The predicted octanol–water partition coefficient (Wildman–Crippen LogP) is 9.44. The predicted molar refractivity (Wildman–Crippen MR) is 218 cm³/mol. The van der Waals surface area contributed by atoms with Crippen molar-refractivity contribution in [3.05, 3.63) is 174 Å². The van der Waals surface area contributed by atoms with Crippen LogP contribution in [0.4, 0.5) is 4.39 Å². The smallest absolute Gasteiger partial charge is 0.368 e. The Bertz CT molecular complexity index is 2110. The zero-order chi connectivity index (χ0) is 40.9. The Morgan fingerprint density at radius 1 is 0.552 bits per heavy atom. The van der Waals surface area contributed by atoms with Crippen LogP contribution in [0.1, 0.15) is 42.5 Å². The van der Waals surface area contributed by atoms with Crippen LogP contribution in [-0.2, 0) is 73.6 Å². The summed E-state index contributed by atoms with van der Waals surface area (Å²) in [5.74, 6) is 0. The van der Waals surface area contributed by atoms with Gasteiger partial charge < -0.3 is 32.7 Å². The van der Waals surface area contributed by atoms with Gasteiger partial charge in [-0.2, -0.15) is 0 Å². The van der Waals surface area contributed by atoms with Crippen LogP contribution >= 0.6 is 7.60 Å². The number of hydrogen-bond donors (Lipinski definition) is 0. The molecule has 5 aromatic rings. The molecule has 1 aliphatic rings. The summed E-state index contributed by atoms with van der Waals surface area (Å²) in [5, 5.41) is 0. The van der Waals surface area contributed by atoms with Gasteiger partial charge in [-0.1, -0.05) is 140 Å². The molecule has 10 nitrogen and oxygen atoms in total. The molecule has 58 heavy (non-hydrogen) atoms.